The summed E-state index contributed by atoms with van der Waals surface area (Å²) in [6.07, 6.45) is 6.00. The van der Waals surface area contributed by atoms with Crippen LogP contribution in [0.25, 0.3) is 5.57 Å². The number of hydrogen-bond acceptors (Lipinski definition) is 6. The summed E-state index contributed by atoms with van der Waals surface area (Å²) in [6.45, 7) is 0. The van der Waals surface area contributed by atoms with E-state index >= 15 is 0 Å². The minimum absolute atomic E-state index is 0.281. The second-order valence-electron chi connectivity index (χ2n) is 7.50. The van der Waals surface area contributed by atoms with Gasteiger partial charge < -0.3 is 16.4 Å². The maximum absolute atomic E-state index is 12.5. The van der Waals surface area contributed by atoms with E-state index in [0.29, 0.717) is 33.7 Å². The number of rotatable bonds is 5. The third kappa shape index (κ3) is 4.40. The monoisotopic (exact) mass is 454 g/mol. The molecule has 5 rings (SSSR count). The van der Waals surface area contributed by atoms with E-state index in [4.69, 9.17) is 17.3 Å². The Bertz CT molecular complexity index is 1380. The molecule has 7 nitrogen and oxygen atoms in total. The van der Waals surface area contributed by atoms with Crippen molar-refractivity contribution in [1.29, 1.82) is 0 Å². The van der Waals surface area contributed by atoms with Gasteiger partial charge in [-0.2, -0.15) is 0 Å². The van der Waals surface area contributed by atoms with Crippen molar-refractivity contribution in [3.8, 4) is 0 Å². The number of carbonyl (C=O) groups excluding carboxylic acids is 1. The first-order chi connectivity index (χ1) is 16.1. The second kappa shape index (κ2) is 8.72. The number of carbonyl (C=O) groups is 1. The van der Waals surface area contributed by atoms with Crippen LogP contribution >= 0.6 is 11.6 Å². The first kappa shape index (κ1) is 20.7. The van der Waals surface area contributed by atoms with Gasteiger partial charge in [-0.1, -0.05) is 48.0 Å². The summed E-state index contributed by atoms with van der Waals surface area (Å²) in [4.78, 5) is 25.4. The zero-order valence-corrected chi connectivity index (χ0v) is 18.2. The normalized spacial score (nSPS) is 12.1. The van der Waals surface area contributed by atoms with E-state index in [2.05, 4.69) is 43.8 Å². The SMILES string of the molecule is Nc1ccc(C(=O)Nc2cccc(Nc3ncc(Cl)c(C4=CCc5ccccc54)n3)c2)cn1. The number of nitrogens with zero attached hydrogens (tertiary/aromatic N) is 3. The Labute approximate surface area is 195 Å². The number of halogens is 1. The van der Waals surface area contributed by atoms with Gasteiger partial charge in [-0.25, -0.2) is 15.0 Å². The molecule has 162 valence electrons. The molecule has 0 saturated heterocycles. The summed E-state index contributed by atoms with van der Waals surface area (Å²) >= 11 is 6.44. The van der Waals surface area contributed by atoms with Crippen molar-refractivity contribution in [2.45, 2.75) is 6.42 Å². The molecule has 2 aromatic heterocycles. The number of hydrogen-bond donors (Lipinski definition) is 3. The molecule has 1 amide bonds. The van der Waals surface area contributed by atoms with Gasteiger partial charge in [0.15, 0.2) is 0 Å². The topological polar surface area (TPSA) is 106 Å². The molecule has 2 heterocycles. The molecule has 0 radical (unpaired) electrons. The minimum atomic E-state index is -0.281. The number of allylic oxidation sites excluding steroid dienone is 1. The molecular weight excluding hydrogens is 436 g/mol. The lowest BCUT2D eigenvalue weighted by Crippen LogP contribution is -2.12. The highest BCUT2D eigenvalue weighted by atomic mass is 35.5. The lowest BCUT2D eigenvalue weighted by Gasteiger charge is -2.11. The molecule has 1 aliphatic carbocycles. The first-order valence-electron chi connectivity index (χ1n) is 10.3. The Hall–Kier alpha value is -4.23. The van der Waals surface area contributed by atoms with E-state index in [9.17, 15) is 4.79 Å². The van der Waals surface area contributed by atoms with E-state index in [-0.39, 0.29) is 5.91 Å². The first-order valence-corrected chi connectivity index (χ1v) is 10.7. The predicted molar refractivity (Wildman–Crippen MR) is 131 cm³/mol. The third-order valence-corrected chi connectivity index (χ3v) is 5.53. The Morgan fingerprint density at radius 3 is 2.67 bits per heavy atom. The summed E-state index contributed by atoms with van der Waals surface area (Å²) in [7, 11) is 0. The number of pyridine rings is 1. The van der Waals surface area contributed by atoms with Gasteiger partial charge in [-0.15, -0.1) is 0 Å². The van der Waals surface area contributed by atoms with Crippen LogP contribution in [0.5, 0.6) is 0 Å². The molecule has 0 fully saturated rings. The zero-order valence-electron chi connectivity index (χ0n) is 17.4. The van der Waals surface area contributed by atoms with Gasteiger partial charge in [-0.3, -0.25) is 4.79 Å². The molecule has 0 atom stereocenters. The molecule has 4 N–H and O–H groups in total. The van der Waals surface area contributed by atoms with Crippen LogP contribution < -0.4 is 16.4 Å². The lowest BCUT2D eigenvalue weighted by molar-refractivity contribution is 0.102. The smallest absolute Gasteiger partial charge is 0.257 e. The summed E-state index contributed by atoms with van der Waals surface area (Å²) in [6, 6.07) is 18.7. The number of nitrogens with two attached hydrogens (primary N) is 1. The Balaban J connectivity index is 1.36. The van der Waals surface area contributed by atoms with Gasteiger partial charge in [0.2, 0.25) is 5.95 Å². The van der Waals surface area contributed by atoms with Crippen LogP contribution in [-0.2, 0) is 6.42 Å². The summed E-state index contributed by atoms with van der Waals surface area (Å²) < 4.78 is 0. The number of nitrogen functional groups attached to an aromatic ring is 1. The molecule has 0 bridgehead atoms. The van der Waals surface area contributed by atoms with E-state index in [1.54, 1.807) is 30.5 Å². The van der Waals surface area contributed by atoms with Crippen LogP contribution in [0.1, 0.15) is 27.2 Å². The predicted octanol–water partition coefficient (Wildman–Crippen LogP) is 5.09. The maximum Gasteiger partial charge on any atom is 0.257 e. The standard InChI is InChI=1S/C25H19ClN6O/c26-21-14-29-25(32-23(21)20-10-8-15-4-1-2-7-19(15)20)31-18-6-3-5-17(12-18)30-24(33)16-9-11-22(27)28-13-16/h1-7,9-14H,8H2,(H2,27,28)(H,30,33)(H,29,31,32). The number of benzene rings is 2. The Morgan fingerprint density at radius 1 is 0.970 bits per heavy atom. The van der Waals surface area contributed by atoms with Crippen molar-refractivity contribution < 1.29 is 4.79 Å². The van der Waals surface area contributed by atoms with Gasteiger partial charge >= 0.3 is 0 Å². The second-order valence-corrected chi connectivity index (χ2v) is 7.91. The largest absolute Gasteiger partial charge is 0.384 e. The Morgan fingerprint density at radius 2 is 1.82 bits per heavy atom. The van der Waals surface area contributed by atoms with Gasteiger partial charge in [0, 0.05) is 23.1 Å². The van der Waals surface area contributed by atoms with Gasteiger partial charge in [0.05, 0.1) is 22.5 Å². The summed E-state index contributed by atoms with van der Waals surface area (Å²) in [5.41, 5.74) is 11.4. The van der Waals surface area contributed by atoms with Crippen LogP contribution in [0.3, 0.4) is 0 Å². The highest BCUT2D eigenvalue weighted by Crippen LogP contribution is 2.35. The van der Waals surface area contributed by atoms with Crippen molar-refractivity contribution in [3.63, 3.8) is 0 Å². The number of fused-ring (bicyclic) bond motifs is 1. The van der Waals surface area contributed by atoms with Crippen LogP contribution in [0.15, 0.2) is 79.1 Å². The highest BCUT2D eigenvalue weighted by Gasteiger charge is 2.19. The molecule has 33 heavy (non-hydrogen) atoms. The van der Waals surface area contributed by atoms with Crippen molar-refractivity contribution >= 4 is 46.2 Å². The Kier molecular flexibility index (Phi) is 5.46. The fraction of sp³-hybridized carbons (Fsp3) is 0.0400. The van der Waals surface area contributed by atoms with Crippen LogP contribution in [-0.4, -0.2) is 20.9 Å². The van der Waals surface area contributed by atoms with Crippen LogP contribution in [0.2, 0.25) is 5.02 Å². The molecule has 0 saturated carbocycles. The zero-order chi connectivity index (χ0) is 22.8. The lowest BCUT2D eigenvalue weighted by atomic mass is 10.0. The van der Waals surface area contributed by atoms with Gasteiger partial charge in [-0.05, 0) is 47.9 Å². The molecule has 8 heteroatoms. The maximum atomic E-state index is 12.5. The van der Waals surface area contributed by atoms with E-state index in [1.807, 2.05) is 24.3 Å². The molecule has 0 unspecified atom stereocenters. The minimum Gasteiger partial charge on any atom is -0.384 e. The molecular formula is C25H19ClN6O. The van der Waals surface area contributed by atoms with Crippen molar-refractivity contribution in [2.24, 2.45) is 0 Å². The van der Waals surface area contributed by atoms with Crippen LogP contribution in [0.4, 0.5) is 23.1 Å². The quantitative estimate of drug-likeness (QED) is 0.388. The van der Waals surface area contributed by atoms with Crippen LogP contribution in [0, 0.1) is 0 Å². The van der Waals surface area contributed by atoms with Crippen molar-refractivity contribution in [1.82, 2.24) is 15.0 Å². The van der Waals surface area contributed by atoms with Crippen molar-refractivity contribution in [3.05, 3.63) is 107 Å². The third-order valence-electron chi connectivity index (χ3n) is 5.26. The number of amides is 1. The average molecular weight is 455 g/mol. The number of anilines is 4. The van der Waals surface area contributed by atoms with Gasteiger partial charge in [0.1, 0.15) is 5.82 Å². The van der Waals surface area contributed by atoms with Gasteiger partial charge in [0.25, 0.3) is 5.91 Å². The highest BCUT2D eigenvalue weighted by molar-refractivity contribution is 6.32. The summed E-state index contributed by atoms with van der Waals surface area (Å²) in [5.74, 6) is 0.486. The van der Waals surface area contributed by atoms with Crippen molar-refractivity contribution in [2.75, 3.05) is 16.4 Å². The number of nitrogens with one attached hydrogen (secondary N) is 2. The molecule has 4 aromatic rings. The number of aromatic nitrogens is 3. The van der Waals surface area contributed by atoms with E-state index in [1.165, 1.54) is 11.8 Å². The summed E-state index contributed by atoms with van der Waals surface area (Å²) in [5, 5.41) is 6.53. The molecule has 2 aromatic carbocycles. The fourth-order valence-electron chi connectivity index (χ4n) is 3.67. The van der Waals surface area contributed by atoms with E-state index in [0.717, 1.165) is 23.2 Å². The average Bonchev–Trinajstić information content (AvgIpc) is 3.25. The molecule has 0 spiro atoms. The molecule has 0 aliphatic heterocycles. The van der Waals surface area contributed by atoms with E-state index < -0.39 is 0 Å². The fourth-order valence-corrected chi connectivity index (χ4v) is 3.86. The molecule has 1 aliphatic rings.